The van der Waals surface area contributed by atoms with E-state index < -0.39 is 12.1 Å². The number of hydrogen-bond donors (Lipinski definition) is 1. The van der Waals surface area contributed by atoms with Crippen LogP contribution in [0.25, 0.3) is 0 Å². The molecule has 0 aliphatic carbocycles. The Bertz CT molecular complexity index is 444. The molecule has 19 heavy (non-hydrogen) atoms. The molecular formula is C13H17F3N2O. The van der Waals surface area contributed by atoms with Crippen LogP contribution < -0.4 is 5.32 Å². The molecular weight excluding hydrogens is 257 g/mol. The van der Waals surface area contributed by atoms with Crippen molar-refractivity contribution in [1.29, 1.82) is 0 Å². The number of carbonyl (C=O) groups excluding carboxylic acids is 1. The van der Waals surface area contributed by atoms with Gasteiger partial charge in [0.05, 0.1) is 0 Å². The van der Waals surface area contributed by atoms with Crippen LogP contribution in [-0.2, 0) is 11.3 Å². The summed E-state index contributed by atoms with van der Waals surface area (Å²) in [6.45, 7) is 3.85. The largest absolute Gasteiger partial charge is 0.471 e. The van der Waals surface area contributed by atoms with E-state index in [0.29, 0.717) is 10.5 Å². The first-order chi connectivity index (χ1) is 8.70. The molecule has 0 saturated heterocycles. The summed E-state index contributed by atoms with van der Waals surface area (Å²) in [6.07, 6.45) is -4.83. The predicted molar refractivity (Wildman–Crippen MR) is 67.7 cm³/mol. The zero-order chi connectivity index (χ0) is 14.6. The van der Waals surface area contributed by atoms with Crippen molar-refractivity contribution in [1.82, 2.24) is 4.90 Å². The molecule has 0 saturated carbocycles. The Kier molecular flexibility index (Phi) is 4.80. The van der Waals surface area contributed by atoms with Crippen LogP contribution in [0.15, 0.2) is 24.3 Å². The maximum absolute atomic E-state index is 12.3. The minimum absolute atomic E-state index is 0.0774. The number of amides is 1. The number of rotatable bonds is 4. The molecule has 0 fully saturated rings. The fourth-order valence-corrected chi connectivity index (χ4v) is 1.65. The average molecular weight is 274 g/mol. The van der Waals surface area contributed by atoms with Gasteiger partial charge in [-0.1, -0.05) is 12.1 Å². The molecule has 0 aliphatic rings. The molecule has 106 valence electrons. The Morgan fingerprint density at radius 3 is 2.53 bits per heavy atom. The molecule has 0 aromatic heterocycles. The summed E-state index contributed by atoms with van der Waals surface area (Å²) in [6, 6.07) is 7.22. The summed E-state index contributed by atoms with van der Waals surface area (Å²) in [5.41, 5.74) is 1.46. The summed E-state index contributed by atoms with van der Waals surface area (Å²) >= 11 is 0. The SMILES string of the molecule is CC(C)Nc1cccc(CN(C)C(=O)C(F)(F)F)c1. The van der Waals surface area contributed by atoms with Crippen LogP contribution in [0.5, 0.6) is 0 Å². The number of benzene rings is 1. The molecule has 1 aromatic rings. The van der Waals surface area contributed by atoms with Crippen molar-refractivity contribution in [2.45, 2.75) is 32.6 Å². The summed E-state index contributed by atoms with van der Waals surface area (Å²) in [4.78, 5) is 11.7. The van der Waals surface area contributed by atoms with Gasteiger partial charge < -0.3 is 10.2 Å². The number of hydrogen-bond acceptors (Lipinski definition) is 2. The molecule has 0 unspecified atom stereocenters. The second-order valence-electron chi connectivity index (χ2n) is 4.66. The van der Waals surface area contributed by atoms with E-state index in [9.17, 15) is 18.0 Å². The van der Waals surface area contributed by atoms with E-state index in [2.05, 4.69) is 5.32 Å². The zero-order valence-corrected chi connectivity index (χ0v) is 11.1. The minimum atomic E-state index is -4.83. The van der Waals surface area contributed by atoms with E-state index in [1.165, 1.54) is 0 Å². The lowest BCUT2D eigenvalue weighted by Gasteiger charge is -2.19. The van der Waals surface area contributed by atoms with Crippen LogP contribution >= 0.6 is 0 Å². The van der Waals surface area contributed by atoms with Gasteiger partial charge in [-0.25, -0.2) is 0 Å². The van der Waals surface area contributed by atoms with Gasteiger partial charge in [-0.15, -0.1) is 0 Å². The van der Waals surface area contributed by atoms with Gasteiger partial charge in [-0.2, -0.15) is 13.2 Å². The van der Waals surface area contributed by atoms with Crippen LogP contribution in [0.3, 0.4) is 0 Å². The third-order valence-corrected chi connectivity index (χ3v) is 2.39. The molecule has 3 nitrogen and oxygen atoms in total. The summed E-state index contributed by atoms with van der Waals surface area (Å²) in [5, 5.41) is 3.15. The molecule has 1 amide bonds. The van der Waals surface area contributed by atoms with E-state index in [-0.39, 0.29) is 12.6 Å². The molecule has 1 rings (SSSR count). The van der Waals surface area contributed by atoms with E-state index in [1.807, 2.05) is 19.9 Å². The Hall–Kier alpha value is -1.72. The highest BCUT2D eigenvalue weighted by Gasteiger charge is 2.41. The van der Waals surface area contributed by atoms with Crippen LogP contribution in [0.2, 0.25) is 0 Å². The first-order valence-electron chi connectivity index (χ1n) is 5.88. The number of carbonyl (C=O) groups is 1. The normalized spacial score (nSPS) is 11.5. The first kappa shape index (κ1) is 15.3. The highest BCUT2D eigenvalue weighted by atomic mass is 19.4. The number of anilines is 1. The van der Waals surface area contributed by atoms with Crippen molar-refractivity contribution in [3.63, 3.8) is 0 Å². The Balaban J connectivity index is 2.74. The lowest BCUT2D eigenvalue weighted by Crippen LogP contribution is -2.37. The smallest absolute Gasteiger partial charge is 0.383 e. The molecule has 1 aromatic carbocycles. The highest BCUT2D eigenvalue weighted by Crippen LogP contribution is 2.20. The molecule has 0 atom stereocenters. The predicted octanol–water partition coefficient (Wildman–Crippen LogP) is 3.03. The maximum atomic E-state index is 12.3. The summed E-state index contributed by atoms with van der Waals surface area (Å²) < 4.78 is 36.8. The minimum Gasteiger partial charge on any atom is -0.383 e. The quantitative estimate of drug-likeness (QED) is 0.915. The standard InChI is InChI=1S/C13H17F3N2O/c1-9(2)17-11-6-4-5-10(7-11)8-18(3)12(19)13(14,15)16/h4-7,9,17H,8H2,1-3H3. The van der Waals surface area contributed by atoms with Gasteiger partial charge in [0.1, 0.15) is 0 Å². The fraction of sp³-hybridized carbons (Fsp3) is 0.462. The molecule has 0 radical (unpaired) electrons. The van der Waals surface area contributed by atoms with Crippen LogP contribution in [0, 0.1) is 0 Å². The van der Waals surface area contributed by atoms with Gasteiger partial charge >= 0.3 is 12.1 Å². The van der Waals surface area contributed by atoms with Crippen molar-refractivity contribution >= 4 is 11.6 Å². The van der Waals surface area contributed by atoms with Crippen molar-refractivity contribution in [2.24, 2.45) is 0 Å². The molecule has 0 heterocycles. The van der Waals surface area contributed by atoms with Gasteiger partial charge in [-0.3, -0.25) is 4.79 Å². The zero-order valence-electron chi connectivity index (χ0n) is 11.1. The fourth-order valence-electron chi connectivity index (χ4n) is 1.65. The average Bonchev–Trinajstić information content (AvgIpc) is 2.26. The van der Waals surface area contributed by atoms with E-state index in [1.54, 1.807) is 18.2 Å². The van der Waals surface area contributed by atoms with Crippen molar-refractivity contribution in [2.75, 3.05) is 12.4 Å². The van der Waals surface area contributed by atoms with Gasteiger partial charge in [0, 0.05) is 25.3 Å². The number of alkyl halides is 3. The number of halogens is 3. The van der Waals surface area contributed by atoms with E-state index >= 15 is 0 Å². The van der Waals surface area contributed by atoms with Gasteiger partial charge in [0.2, 0.25) is 0 Å². The monoisotopic (exact) mass is 274 g/mol. The van der Waals surface area contributed by atoms with Gasteiger partial charge in [-0.05, 0) is 31.5 Å². The third-order valence-electron chi connectivity index (χ3n) is 2.39. The van der Waals surface area contributed by atoms with E-state index in [0.717, 1.165) is 12.7 Å². The highest BCUT2D eigenvalue weighted by molar-refractivity contribution is 5.81. The van der Waals surface area contributed by atoms with Crippen LogP contribution in [0.4, 0.5) is 18.9 Å². The molecule has 6 heteroatoms. The van der Waals surface area contributed by atoms with Crippen LogP contribution in [-0.4, -0.2) is 30.1 Å². The second-order valence-corrected chi connectivity index (χ2v) is 4.66. The van der Waals surface area contributed by atoms with Crippen molar-refractivity contribution < 1.29 is 18.0 Å². The summed E-state index contributed by atoms with van der Waals surface area (Å²) in [7, 11) is 1.14. The Morgan fingerprint density at radius 2 is 2.00 bits per heavy atom. The molecule has 0 aliphatic heterocycles. The molecule has 1 N–H and O–H groups in total. The van der Waals surface area contributed by atoms with E-state index in [4.69, 9.17) is 0 Å². The van der Waals surface area contributed by atoms with Crippen LogP contribution in [0.1, 0.15) is 19.4 Å². The maximum Gasteiger partial charge on any atom is 0.471 e. The van der Waals surface area contributed by atoms with Crippen molar-refractivity contribution in [3.8, 4) is 0 Å². The molecule has 0 spiro atoms. The molecule has 0 bridgehead atoms. The lowest BCUT2D eigenvalue weighted by atomic mass is 10.2. The Morgan fingerprint density at radius 1 is 1.37 bits per heavy atom. The topological polar surface area (TPSA) is 32.3 Å². The number of nitrogens with one attached hydrogen (secondary N) is 1. The second kappa shape index (κ2) is 5.95. The van der Waals surface area contributed by atoms with Gasteiger partial charge in [0.25, 0.3) is 0 Å². The first-order valence-corrected chi connectivity index (χ1v) is 5.88. The van der Waals surface area contributed by atoms with Crippen molar-refractivity contribution in [3.05, 3.63) is 29.8 Å². The number of nitrogens with zero attached hydrogens (tertiary/aromatic N) is 1. The lowest BCUT2D eigenvalue weighted by molar-refractivity contribution is -0.184. The Labute approximate surface area is 110 Å². The van der Waals surface area contributed by atoms with Gasteiger partial charge in [0.15, 0.2) is 0 Å². The third kappa shape index (κ3) is 4.81. The summed E-state index contributed by atoms with van der Waals surface area (Å²) in [5.74, 6) is -1.84.